The van der Waals surface area contributed by atoms with Crippen LogP contribution in [-0.4, -0.2) is 16.5 Å². The van der Waals surface area contributed by atoms with Crippen molar-refractivity contribution in [3.05, 3.63) is 16.5 Å². The van der Waals surface area contributed by atoms with E-state index in [1.54, 1.807) is 0 Å². The number of rotatable bonds is 4. The van der Waals surface area contributed by atoms with Gasteiger partial charge in [-0.15, -0.1) is 0 Å². The largest absolute Gasteiger partial charge is 0.369 e. The Balaban J connectivity index is 1.76. The number of anilines is 1. The summed E-state index contributed by atoms with van der Waals surface area (Å²) < 4.78 is 0. The molecule has 3 nitrogen and oxygen atoms in total. The van der Waals surface area contributed by atoms with Crippen LogP contribution in [0.5, 0.6) is 0 Å². The van der Waals surface area contributed by atoms with E-state index in [1.165, 1.54) is 38.3 Å². The van der Waals surface area contributed by atoms with Crippen LogP contribution < -0.4 is 5.32 Å². The van der Waals surface area contributed by atoms with Crippen LogP contribution in [0.3, 0.4) is 0 Å². The molecule has 5 heteroatoms. The van der Waals surface area contributed by atoms with Crippen molar-refractivity contribution in [1.29, 1.82) is 0 Å². The molecule has 1 aliphatic carbocycles. The molecule has 0 bridgehead atoms. The Morgan fingerprint density at radius 1 is 1.28 bits per heavy atom. The molecule has 0 aliphatic heterocycles. The average molecular weight is 288 g/mol. The fourth-order valence-corrected chi connectivity index (χ4v) is 2.77. The fourth-order valence-electron chi connectivity index (χ4n) is 2.48. The predicted molar refractivity (Wildman–Crippen MR) is 76.3 cm³/mol. The lowest BCUT2D eigenvalue weighted by atomic mass is 9.81. The zero-order chi connectivity index (χ0) is 13.0. The Morgan fingerprint density at radius 3 is 2.72 bits per heavy atom. The molecule has 0 aromatic carbocycles. The maximum absolute atomic E-state index is 5.99. The van der Waals surface area contributed by atoms with E-state index in [9.17, 15) is 0 Å². The maximum atomic E-state index is 5.99. The maximum Gasteiger partial charge on any atom is 0.224 e. The number of halogens is 2. The molecule has 0 radical (unpaired) electrons. The summed E-state index contributed by atoms with van der Waals surface area (Å²) in [6.45, 7) is 3.24. The van der Waals surface area contributed by atoms with Crippen LogP contribution in [0.25, 0.3) is 0 Å². The zero-order valence-electron chi connectivity index (χ0n) is 10.6. The van der Waals surface area contributed by atoms with E-state index < -0.39 is 0 Å². The molecule has 1 N–H and O–H groups in total. The average Bonchev–Trinajstić information content (AvgIpc) is 2.36. The van der Waals surface area contributed by atoms with Crippen molar-refractivity contribution in [3.8, 4) is 0 Å². The highest BCUT2D eigenvalue weighted by Crippen LogP contribution is 2.30. The molecule has 0 atom stereocenters. The van der Waals surface area contributed by atoms with Crippen molar-refractivity contribution in [2.75, 3.05) is 11.9 Å². The minimum absolute atomic E-state index is 0.230. The van der Waals surface area contributed by atoms with E-state index in [4.69, 9.17) is 23.2 Å². The van der Waals surface area contributed by atoms with E-state index in [-0.39, 0.29) is 5.28 Å². The first-order valence-corrected chi connectivity index (χ1v) is 7.32. The van der Waals surface area contributed by atoms with Crippen LogP contribution in [-0.2, 0) is 0 Å². The summed E-state index contributed by atoms with van der Waals surface area (Å²) in [4.78, 5) is 7.91. The van der Waals surface area contributed by atoms with Crippen molar-refractivity contribution in [1.82, 2.24) is 9.97 Å². The lowest BCUT2D eigenvalue weighted by molar-refractivity contribution is 0.282. The summed E-state index contributed by atoms with van der Waals surface area (Å²) in [5, 5.41) is 4.00. The van der Waals surface area contributed by atoms with Gasteiger partial charge in [0.15, 0.2) is 0 Å². The second-order valence-corrected chi connectivity index (χ2v) is 5.92. The van der Waals surface area contributed by atoms with Gasteiger partial charge in [0.25, 0.3) is 0 Å². The van der Waals surface area contributed by atoms with Crippen molar-refractivity contribution < 1.29 is 0 Å². The van der Waals surface area contributed by atoms with Crippen LogP contribution in [0.2, 0.25) is 10.3 Å². The third-order valence-electron chi connectivity index (χ3n) is 3.70. The van der Waals surface area contributed by atoms with E-state index in [0.717, 1.165) is 18.4 Å². The quantitative estimate of drug-likeness (QED) is 0.834. The predicted octanol–water partition coefficient (Wildman–Crippen LogP) is 4.41. The van der Waals surface area contributed by atoms with Gasteiger partial charge in [-0.1, -0.05) is 44.2 Å². The van der Waals surface area contributed by atoms with Gasteiger partial charge in [-0.25, -0.2) is 4.98 Å². The molecule has 100 valence electrons. The van der Waals surface area contributed by atoms with Crippen molar-refractivity contribution in [2.24, 2.45) is 11.8 Å². The second kappa shape index (κ2) is 6.58. The molecule has 1 fully saturated rings. The Hall–Kier alpha value is -0.540. The molecule has 1 aromatic rings. The minimum Gasteiger partial charge on any atom is -0.369 e. The van der Waals surface area contributed by atoms with Gasteiger partial charge < -0.3 is 5.32 Å². The van der Waals surface area contributed by atoms with Crippen LogP contribution >= 0.6 is 23.2 Å². The molecule has 0 saturated heterocycles. The van der Waals surface area contributed by atoms with Crippen LogP contribution in [0.15, 0.2) is 6.20 Å². The van der Waals surface area contributed by atoms with Gasteiger partial charge in [0.1, 0.15) is 10.8 Å². The number of nitrogens with zero attached hydrogens (tertiary/aromatic N) is 2. The highest BCUT2D eigenvalue weighted by atomic mass is 35.5. The lowest BCUT2D eigenvalue weighted by Crippen LogP contribution is -2.16. The number of hydrogen-bond acceptors (Lipinski definition) is 3. The molecule has 18 heavy (non-hydrogen) atoms. The first-order valence-electron chi connectivity index (χ1n) is 6.57. The van der Waals surface area contributed by atoms with Gasteiger partial charge in [0, 0.05) is 6.54 Å². The molecule has 0 amide bonds. The summed E-state index contributed by atoms with van der Waals surface area (Å²) in [7, 11) is 0. The molecular formula is C13H19Cl2N3. The van der Waals surface area contributed by atoms with Crippen LogP contribution in [0.4, 0.5) is 5.82 Å². The smallest absolute Gasteiger partial charge is 0.224 e. The summed E-state index contributed by atoms with van der Waals surface area (Å²) in [6.07, 6.45) is 8.13. The van der Waals surface area contributed by atoms with Crippen molar-refractivity contribution >= 4 is 29.0 Å². The van der Waals surface area contributed by atoms with Gasteiger partial charge in [-0.3, -0.25) is 0 Å². The SMILES string of the molecule is CC1CCC(CCNc2nc(Cl)ncc2Cl)CC1. The first kappa shape index (κ1) is 13.9. The van der Waals surface area contributed by atoms with Crippen molar-refractivity contribution in [2.45, 2.75) is 39.0 Å². The van der Waals surface area contributed by atoms with Gasteiger partial charge >= 0.3 is 0 Å². The monoisotopic (exact) mass is 287 g/mol. The normalized spacial score (nSPS) is 23.9. The molecule has 1 aromatic heterocycles. The molecule has 0 spiro atoms. The van der Waals surface area contributed by atoms with E-state index in [1.807, 2.05) is 0 Å². The van der Waals surface area contributed by atoms with Gasteiger partial charge in [-0.2, -0.15) is 4.98 Å². The highest BCUT2D eigenvalue weighted by Gasteiger charge is 2.17. The molecular weight excluding hydrogens is 269 g/mol. The Bertz CT molecular complexity index is 390. The molecule has 1 saturated carbocycles. The Morgan fingerprint density at radius 2 is 2.00 bits per heavy atom. The van der Waals surface area contributed by atoms with Crippen molar-refractivity contribution in [3.63, 3.8) is 0 Å². The number of nitrogens with one attached hydrogen (secondary N) is 1. The fraction of sp³-hybridized carbons (Fsp3) is 0.692. The van der Waals surface area contributed by atoms with Gasteiger partial charge in [0.05, 0.1) is 6.20 Å². The summed E-state index contributed by atoms with van der Waals surface area (Å²) in [5.41, 5.74) is 0. The lowest BCUT2D eigenvalue weighted by Gasteiger charge is -2.26. The summed E-state index contributed by atoms with van der Waals surface area (Å²) in [6, 6.07) is 0. The van der Waals surface area contributed by atoms with Gasteiger partial charge in [0.2, 0.25) is 5.28 Å². The van der Waals surface area contributed by atoms with Crippen LogP contribution in [0, 0.1) is 11.8 Å². The minimum atomic E-state index is 0.230. The van der Waals surface area contributed by atoms with E-state index >= 15 is 0 Å². The summed E-state index contributed by atoms with van der Waals surface area (Å²) >= 11 is 11.7. The topological polar surface area (TPSA) is 37.8 Å². The Kier molecular flexibility index (Phi) is 5.07. The van der Waals surface area contributed by atoms with E-state index in [2.05, 4.69) is 22.2 Å². The molecule has 1 aliphatic rings. The van der Waals surface area contributed by atoms with E-state index in [0.29, 0.717) is 10.8 Å². The molecule has 2 rings (SSSR count). The third kappa shape index (κ3) is 3.99. The zero-order valence-corrected chi connectivity index (χ0v) is 12.1. The molecule has 0 unspecified atom stereocenters. The number of aromatic nitrogens is 2. The standard InChI is InChI=1S/C13H19Cl2N3/c1-9-2-4-10(5-3-9)6-7-16-12-11(14)8-17-13(15)18-12/h8-10H,2-7H2,1H3,(H,16,17,18). The van der Waals surface area contributed by atoms with Gasteiger partial charge in [-0.05, 0) is 29.9 Å². The first-order chi connectivity index (χ1) is 8.65. The Labute approximate surface area is 118 Å². The molecule has 1 heterocycles. The number of hydrogen-bond donors (Lipinski definition) is 1. The summed E-state index contributed by atoms with van der Waals surface area (Å²) in [5.74, 6) is 2.38. The third-order valence-corrected chi connectivity index (χ3v) is 4.15. The second-order valence-electron chi connectivity index (χ2n) is 5.18. The highest BCUT2D eigenvalue weighted by molar-refractivity contribution is 6.33. The van der Waals surface area contributed by atoms with Crippen LogP contribution in [0.1, 0.15) is 39.0 Å².